The molecule has 1 heterocycles. The maximum absolute atomic E-state index is 11.7. The molecular weight excluding hydrogens is 196 g/mol. The molecule has 0 aromatic heterocycles. The third-order valence-corrected chi connectivity index (χ3v) is 2.46. The van der Waals surface area contributed by atoms with Gasteiger partial charge in [-0.05, 0) is 6.07 Å². The predicted molar refractivity (Wildman–Crippen MR) is 48.8 cm³/mol. The summed E-state index contributed by atoms with van der Waals surface area (Å²) >= 11 is 0. The summed E-state index contributed by atoms with van der Waals surface area (Å²) in [7, 11) is 0. The summed E-state index contributed by atoms with van der Waals surface area (Å²) in [6.07, 6.45) is 1.04. The number of esters is 1. The lowest BCUT2D eigenvalue weighted by atomic mass is 9.87. The molecule has 0 saturated heterocycles. The van der Waals surface area contributed by atoms with Crippen LogP contribution in [0.15, 0.2) is 29.8 Å². The number of rotatable bonds is 0. The van der Waals surface area contributed by atoms with Crippen molar-refractivity contribution in [3.63, 3.8) is 0 Å². The van der Waals surface area contributed by atoms with Crippen LogP contribution in [0, 0.1) is 0 Å². The summed E-state index contributed by atoms with van der Waals surface area (Å²) in [5, 5.41) is 0. The molecule has 0 saturated carbocycles. The number of hydrogen-bond donors (Lipinski definition) is 0. The molecule has 4 nitrogen and oxygen atoms in total. The number of ether oxygens (including phenoxy) is 1. The van der Waals surface area contributed by atoms with E-state index >= 15 is 0 Å². The van der Waals surface area contributed by atoms with Gasteiger partial charge in [-0.2, -0.15) is 0 Å². The summed E-state index contributed by atoms with van der Waals surface area (Å²) in [6.45, 7) is 0. The Morgan fingerprint density at radius 1 is 1.07 bits per heavy atom. The van der Waals surface area contributed by atoms with Gasteiger partial charge < -0.3 is 4.74 Å². The third kappa shape index (κ3) is 0.878. The van der Waals surface area contributed by atoms with E-state index in [-0.39, 0.29) is 22.7 Å². The number of fused-ring (bicyclic) bond motifs is 1. The summed E-state index contributed by atoms with van der Waals surface area (Å²) in [6, 6.07) is 4.63. The van der Waals surface area contributed by atoms with Crippen LogP contribution in [-0.2, 0) is 4.79 Å². The molecule has 15 heavy (non-hydrogen) atoms. The van der Waals surface area contributed by atoms with E-state index in [4.69, 9.17) is 4.74 Å². The van der Waals surface area contributed by atoms with Gasteiger partial charge in [0.25, 0.3) is 0 Å². The first-order valence-electron chi connectivity index (χ1n) is 4.34. The van der Waals surface area contributed by atoms with E-state index in [1.165, 1.54) is 6.07 Å². The van der Waals surface area contributed by atoms with Crippen molar-refractivity contribution < 1.29 is 19.1 Å². The highest BCUT2D eigenvalue weighted by Crippen LogP contribution is 2.34. The highest BCUT2D eigenvalue weighted by Gasteiger charge is 2.37. The first kappa shape index (κ1) is 8.11. The van der Waals surface area contributed by atoms with Gasteiger partial charge in [0.15, 0.2) is 5.78 Å². The molecule has 0 amide bonds. The van der Waals surface area contributed by atoms with Gasteiger partial charge >= 0.3 is 5.97 Å². The van der Waals surface area contributed by atoms with Crippen molar-refractivity contribution in [3.8, 4) is 5.75 Å². The quantitative estimate of drug-likeness (QED) is 0.355. The molecule has 72 valence electrons. The SMILES string of the molecule is O=C1Oc2cccc3c2C(=O)C1=CC3=O. The molecule has 0 radical (unpaired) electrons. The van der Waals surface area contributed by atoms with Crippen molar-refractivity contribution in [2.75, 3.05) is 0 Å². The fraction of sp³-hybridized carbons (Fsp3) is 0. The number of hydrogen-bond acceptors (Lipinski definition) is 4. The maximum atomic E-state index is 11.7. The van der Waals surface area contributed by atoms with Gasteiger partial charge in [-0.25, -0.2) is 4.79 Å². The zero-order valence-corrected chi connectivity index (χ0v) is 7.44. The Balaban J connectivity index is 2.45. The molecule has 1 aliphatic carbocycles. The van der Waals surface area contributed by atoms with Crippen LogP contribution >= 0.6 is 0 Å². The largest absolute Gasteiger partial charge is 0.422 e. The van der Waals surface area contributed by atoms with Crippen LogP contribution in [0.3, 0.4) is 0 Å². The van der Waals surface area contributed by atoms with Crippen LogP contribution in [-0.4, -0.2) is 17.5 Å². The lowest BCUT2D eigenvalue weighted by molar-refractivity contribution is -0.130. The smallest absolute Gasteiger partial charge is 0.347 e. The van der Waals surface area contributed by atoms with Gasteiger partial charge in [-0.3, -0.25) is 9.59 Å². The number of ketones is 2. The first-order valence-corrected chi connectivity index (χ1v) is 4.34. The van der Waals surface area contributed by atoms with Gasteiger partial charge in [0, 0.05) is 11.6 Å². The Hall–Kier alpha value is -2.23. The molecule has 0 unspecified atom stereocenters. The monoisotopic (exact) mass is 200 g/mol. The zero-order chi connectivity index (χ0) is 10.6. The summed E-state index contributed by atoms with van der Waals surface area (Å²) in [5.74, 6) is -1.32. The topological polar surface area (TPSA) is 60.4 Å². The molecule has 4 heteroatoms. The molecule has 0 N–H and O–H groups in total. The summed E-state index contributed by atoms with van der Waals surface area (Å²) in [4.78, 5) is 34.6. The van der Waals surface area contributed by atoms with Crippen molar-refractivity contribution in [2.24, 2.45) is 0 Å². The second kappa shape index (κ2) is 2.42. The Labute approximate surface area is 84.2 Å². The van der Waals surface area contributed by atoms with Crippen LogP contribution in [0.5, 0.6) is 5.75 Å². The van der Waals surface area contributed by atoms with Crippen LogP contribution in [0.25, 0.3) is 0 Å². The highest BCUT2D eigenvalue weighted by molar-refractivity contribution is 6.36. The van der Waals surface area contributed by atoms with E-state index < -0.39 is 11.8 Å². The Morgan fingerprint density at radius 2 is 1.87 bits per heavy atom. The number of benzene rings is 1. The minimum absolute atomic E-state index is 0.174. The van der Waals surface area contributed by atoms with Crippen molar-refractivity contribution in [1.29, 1.82) is 0 Å². The molecule has 1 aromatic rings. The fourth-order valence-electron chi connectivity index (χ4n) is 1.77. The van der Waals surface area contributed by atoms with E-state index in [1.807, 2.05) is 0 Å². The Bertz CT molecular complexity index is 566. The molecule has 3 rings (SSSR count). The van der Waals surface area contributed by atoms with Gasteiger partial charge in [-0.15, -0.1) is 0 Å². The van der Waals surface area contributed by atoms with E-state index in [9.17, 15) is 14.4 Å². The minimum Gasteiger partial charge on any atom is -0.422 e. The van der Waals surface area contributed by atoms with E-state index in [0.29, 0.717) is 5.56 Å². The minimum atomic E-state index is -0.752. The normalized spacial score (nSPS) is 17.3. The Kier molecular flexibility index (Phi) is 1.31. The van der Waals surface area contributed by atoms with Gasteiger partial charge in [0.1, 0.15) is 11.3 Å². The van der Waals surface area contributed by atoms with E-state index in [0.717, 1.165) is 6.08 Å². The van der Waals surface area contributed by atoms with Crippen LogP contribution < -0.4 is 4.74 Å². The fourth-order valence-corrected chi connectivity index (χ4v) is 1.77. The second-order valence-electron chi connectivity index (χ2n) is 3.32. The molecule has 2 aliphatic rings. The highest BCUT2D eigenvalue weighted by atomic mass is 16.5. The van der Waals surface area contributed by atoms with Crippen molar-refractivity contribution in [2.45, 2.75) is 0 Å². The average molecular weight is 200 g/mol. The number of carbonyl (C=O) groups is 3. The van der Waals surface area contributed by atoms with Crippen LogP contribution in [0.1, 0.15) is 20.7 Å². The van der Waals surface area contributed by atoms with E-state index in [1.54, 1.807) is 12.1 Å². The molecule has 0 fully saturated rings. The lowest BCUT2D eigenvalue weighted by Crippen LogP contribution is -2.30. The second-order valence-corrected chi connectivity index (χ2v) is 3.32. The van der Waals surface area contributed by atoms with Crippen molar-refractivity contribution in [1.82, 2.24) is 0 Å². The van der Waals surface area contributed by atoms with Crippen LogP contribution in [0.2, 0.25) is 0 Å². The molecule has 1 aliphatic heterocycles. The Morgan fingerprint density at radius 3 is 2.67 bits per heavy atom. The third-order valence-electron chi connectivity index (χ3n) is 2.46. The standard InChI is InChI=1S/C11H4O4/c12-7-4-6-10(13)9-5(7)2-1-3-8(9)15-11(6)14/h1-4H. The molecule has 1 aromatic carbocycles. The molecule has 0 atom stereocenters. The zero-order valence-electron chi connectivity index (χ0n) is 7.44. The van der Waals surface area contributed by atoms with Crippen molar-refractivity contribution in [3.05, 3.63) is 41.0 Å². The van der Waals surface area contributed by atoms with Gasteiger partial charge in [0.05, 0.1) is 5.56 Å². The van der Waals surface area contributed by atoms with Gasteiger partial charge in [0.2, 0.25) is 5.78 Å². The average Bonchev–Trinajstić information content (AvgIpc) is 2.22. The predicted octanol–water partition coefficient (Wildman–Crippen LogP) is 0.911. The molecule has 0 spiro atoms. The number of carbonyl (C=O) groups excluding carboxylic acids is 3. The van der Waals surface area contributed by atoms with Crippen LogP contribution in [0.4, 0.5) is 0 Å². The first-order chi connectivity index (χ1) is 7.18. The maximum Gasteiger partial charge on any atom is 0.347 e. The van der Waals surface area contributed by atoms with E-state index in [2.05, 4.69) is 0 Å². The van der Waals surface area contributed by atoms with Gasteiger partial charge in [-0.1, -0.05) is 12.1 Å². The number of allylic oxidation sites excluding steroid dienone is 1. The molecule has 2 bridgehead atoms. The summed E-state index contributed by atoms with van der Waals surface area (Å²) in [5.41, 5.74) is 0.333. The van der Waals surface area contributed by atoms with Crippen molar-refractivity contribution >= 4 is 17.5 Å². The number of Topliss-reactive ketones (excluding diaryl/α,β-unsaturated/α-hetero) is 1. The lowest BCUT2D eigenvalue weighted by Gasteiger charge is -2.21. The molecular formula is C11H4O4. The summed E-state index contributed by atoms with van der Waals surface area (Å²) < 4.78 is 4.91.